The Labute approximate surface area is 175 Å². The third-order valence-electron chi connectivity index (χ3n) is 4.54. The van der Waals surface area contributed by atoms with Crippen molar-refractivity contribution >= 4 is 47.0 Å². The van der Waals surface area contributed by atoms with Crippen molar-refractivity contribution in [3.05, 3.63) is 95.0 Å². The zero-order chi connectivity index (χ0) is 19.7. The predicted octanol–water partition coefficient (Wildman–Crippen LogP) is 3.67. The molecule has 1 atom stereocenters. The van der Waals surface area contributed by atoms with Crippen LogP contribution in [-0.2, 0) is 10.0 Å². The van der Waals surface area contributed by atoms with Gasteiger partial charge in [0.2, 0.25) is 0 Å². The summed E-state index contributed by atoms with van der Waals surface area (Å²) in [6.45, 7) is 0. The van der Waals surface area contributed by atoms with Crippen LogP contribution in [0.1, 0.15) is 22.0 Å². The molecule has 0 bridgehead atoms. The van der Waals surface area contributed by atoms with E-state index in [2.05, 4.69) is 0 Å². The first-order valence-corrected chi connectivity index (χ1v) is 12.5. The Bertz CT molecular complexity index is 1120. The molecule has 1 heterocycles. The molecule has 1 amide bonds. The number of nitrogens with zero attached hydrogens (tertiary/aromatic N) is 1. The first-order valence-electron chi connectivity index (χ1n) is 8.59. The van der Waals surface area contributed by atoms with Gasteiger partial charge >= 0.3 is 176 Å². The minimum atomic E-state index is -3.90. The van der Waals surface area contributed by atoms with E-state index in [1.807, 2.05) is 30.3 Å². The molecular weight excluding hydrogens is 461 g/mol. The van der Waals surface area contributed by atoms with E-state index in [0.29, 0.717) is 10.3 Å². The molecule has 3 aromatic rings. The normalized spacial score (nSPS) is 16.0. The van der Waals surface area contributed by atoms with Crippen molar-refractivity contribution in [2.45, 2.75) is 16.3 Å². The summed E-state index contributed by atoms with van der Waals surface area (Å²) in [5.41, 5.74) is 0.987. The van der Waals surface area contributed by atoms with Gasteiger partial charge in [0.25, 0.3) is 0 Å². The van der Waals surface area contributed by atoms with Crippen molar-refractivity contribution in [1.29, 1.82) is 0 Å². The summed E-state index contributed by atoms with van der Waals surface area (Å²) in [6, 6.07) is 22.7. The van der Waals surface area contributed by atoms with Gasteiger partial charge in [0.05, 0.1) is 0 Å². The van der Waals surface area contributed by atoms with Crippen molar-refractivity contribution in [1.82, 2.24) is 4.31 Å². The average Bonchev–Trinajstić information content (AvgIpc) is 2.91. The second-order valence-corrected chi connectivity index (χ2v) is 10.8. The van der Waals surface area contributed by atoms with Gasteiger partial charge < -0.3 is 0 Å². The number of fused-ring (bicyclic) bond motifs is 1. The average molecular weight is 477 g/mol. The molecule has 0 radical (unpaired) electrons. The van der Waals surface area contributed by atoms with Gasteiger partial charge in [-0.05, 0) is 0 Å². The number of carbonyl (C=O) groups excluding carboxylic acids is 1. The van der Waals surface area contributed by atoms with Crippen LogP contribution in [0.4, 0.5) is 0 Å². The third-order valence-corrected chi connectivity index (χ3v) is 8.93. The summed E-state index contributed by atoms with van der Waals surface area (Å²) in [7, 11) is -3.90. The molecule has 1 unspecified atom stereocenters. The molecule has 1 aliphatic heterocycles. The van der Waals surface area contributed by atoms with E-state index < -0.39 is 22.0 Å². The molecule has 0 aromatic heterocycles. The summed E-state index contributed by atoms with van der Waals surface area (Å²) in [5, 5.41) is 1.10. The fraction of sp³-hybridized carbons (Fsp3) is 0.0952. The number of hydrogen-bond acceptors (Lipinski definition) is 3. The number of benzene rings is 3. The number of hydrogen-bond donors (Lipinski definition) is 0. The van der Waals surface area contributed by atoms with Crippen LogP contribution in [0.2, 0.25) is 10.3 Å². The summed E-state index contributed by atoms with van der Waals surface area (Å²) >= 11 is 6.01. The monoisotopic (exact) mass is 477 g/mol. The van der Waals surface area contributed by atoms with Crippen LogP contribution in [0.25, 0.3) is 0 Å². The van der Waals surface area contributed by atoms with Gasteiger partial charge in [-0.15, -0.1) is 0 Å². The Morgan fingerprint density at radius 3 is 2.21 bits per heavy atom. The molecule has 4 rings (SSSR count). The second-order valence-electron chi connectivity index (χ2n) is 6.29. The summed E-state index contributed by atoms with van der Waals surface area (Å²) in [6.07, 6.45) is 0. The standard InChI is InChI=1S/C21H16ClNO3SSe/c22-16-12-10-15(11-13-16)19(14-28-17-6-2-1-3-7-17)23-21(24)18-8-4-5-9-20(18)27(23,25)26/h1-13,19H,14H2. The van der Waals surface area contributed by atoms with Crippen LogP contribution in [0.3, 0.4) is 0 Å². The van der Waals surface area contributed by atoms with Crippen LogP contribution >= 0.6 is 11.6 Å². The van der Waals surface area contributed by atoms with Gasteiger partial charge in [0.1, 0.15) is 0 Å². The first kappa shape index (κ1) is 19.2. The molecule has 4 nitrogen and oxygen atoms in total. The molecule has 0 fully saturated rings. The number of amides is 1. The Morgan fingerprint density at radius 1 is 0.893 bits per heavy atom. The Kier molecular flexibility index (Phi) is 5.30. The SMILES string of the molecule is O=C1c2ccccc2S(=O)(=O)N1C(C[Se]c1ccccc1)c1ccc(Cl)cc1. The molecule has 0 N–H and O–H groups in total. The van der Waals surface area contributed by atoms with E-state index in [4.69, 9.17) is 11.6 Å². The minimum absolute atomic E-state index is 0.00383. The van der Waals surface area contributed by atoms with E-state index in [1.54, 1.807) is 42.5 Å². The number of rotatable bonds is 5. The van der Waals surface area contributed by atoms with Gasteiger partial charge in [-0.1, -0.05) is 0 Å². The molecule has 1 aliphatic rings. The molecule has 142 valence electrons. The van der Waals surface area contributed by atoms with Gasteiger partial charge in [-0.2, -0.15) is 0 Å². The number of sulfonamides is 1. The maximum atomic E-state index is 13.2. The van der Waals surface area contributed by atoms with Crippen molar-refractivity contribution in [2.24, 2.45) is 0 Å². The summed E-state index contributed by atoms with van der Waals surface area (Å²) in [5.74, 6) is -0.473. The second kappa shape index (κ2) is 7.72. The van der Waals surface area contributed by atoms with Crippen LogP contribution in [0, 0.1) is 0 Å². The van der Waals surface area contributed by atoms with Crippen molar-refractivity contribution in [2.75, 3.05) is 0 Å². The van der Waals surface area contributed by atoms with E-state index in [1.165, 1.54) is 6.07 Å². The topological polar surface area (TPSA) is 54.5 Å². The van der Waals surface area contributed by atoms with E-state index in [9.17, 15) is 13.2 Å². The molecule has 7 heteroatoms. The van der Waals surface area contributed by atoms with Crippen LogP contribution in [-0.4, -0.2) is 33.6 Å². The molecular formula is C21H16ClNO3SSe. The number of halogens is 1. The third kappa shape index (κ3) is 3.49. The van der Waals surface area contributed by atoms with E-state index in [-0.39, 0.29) is 25.4 Å². The molecule has 0 spiro atoms. The fourth-order valence-electron chi connectivity index (χ4n) is 3.19. The van der Waals surface area contributed by atoms with Crippen LogP contribution in [0.15, 0.2) is 83.8 Å². The van der Waals surface area contributed by atoms with Gasteiger partial charge in [0.15, 0.2) is 0 Å². The molecule has 0 saturated heterocycles. The zero-order valence-corrected chi connectivity index (χ0v) is 17.9. The van der Waals surface area contributed by atoms with Crippen molar-refractivity contribution in [3.8, 4) is 0 Å². The van der Waals surface area contributed by atoms with Gasteiger partial charge in [0, 0.05) is 0 Å². The zero-order valence-electron chi connectivity index (χ0n) is 14.7. The Morgan fingerprint density at radius 2 is 1.54 bits per heavy atom. The van der Waals surface area contributed by atoms with Crippen LogP contribution in [0.5, 0.6) is 0 Å². The van der Waals surface area contributed by atoms with Gasteiger partial charge in [-0.25, -0.2) is 0 Å². The van der Waals surface area contributed by atoms with E-state index >= 15 is 0 Å². The number of carbonyl (C=O) groups is 1. The molecule has 0 saturated carbocycles. The van der Waals surface area contributed by atoms with Gasteiger partial charge in [-0.3, -0.25) is 0 Å². The first-order chi connectivity index (χ1) is 13.5. The summed E-state index contributed by atoms with van der Waals surface area (Å²) in [4.78, 5) is 13.1. The molecule has 3 aromatic carbocycles. The molecule has 28 heavy (non-hydrogen) atoms. The van der Waals surface area contributed by atoms with E-state index in [0.717, 1.165) is 14.3 Å². The Balaban J connectivity index is 1.75. The Hall–Kier alpha value is -2.11. The summed E-state index contributed by atoms with van der Waals surface area (Å²) < 4.78 is 28.5. The van der Waals surface area contributed by atoms with Crippen LogP contribution < -0.4 is 4.46 Å². The van der Waals surface area contributed by atoms with Crippen molar-refractivity contribution in [3.63, 3.8) is 0 Å². The quantitative estimate of drug-likeness (QED) is 0.528. The maximum absolute atomic E-state index is 13.2. The van der Waals surface area contributed by atoms with Crippen molar-refractivity contribution < 1.29 is 13.2 Å². The molecule has 0 aliphatic carbocycles. The predicted molar refractivity (Wildman–Crippen MR) is 111 cm³/mol. The fourth-order valence-corrected chi connectivity index (χ4v) is 7.45.